The van der Waals surface area contributed by atoms with Gasteiger partial charge in [-0.1, -0.05) is 26.2 Å². The predicted octanol–water partition coefficient (Wildman–Crippen LogP) is 2.86. The minimum Gasteiger partial charge on any atom is -0.369 e. The number of nitrogens with one attached hydrogen (secondary N) is 1. The maximum absolute atomic E-state index is 4.17. The summed E-state index contributed by atoms with van der Waals surface area (Å²) in [5, 5.41) is 3.40. The van der Waals surface area contributed by atoms with Crippen LogP contribution in [0, 0.1) is 5.41 Å². The molecule has 0 bridgehead atoms. The summed E-state index contributed by atoms with van der Waals surface area (Å²) in [4.78, 5) is 8.08. The Labute approximate surface area is 91.3 Å². The molecule has 82 valence electrons. The van der Waals surface area contributed by atoms with E-state index in [2.05, 4.69) is 22.2 Å². The highest BCUT2D eigenvalue weighted by molar-refractivity contribution is 5.31. The van der Waals surface area contributed by atoms with E-state index in [0.717, 1.165) is 12.4 Å². The van der Waals surface area contributed by atoms with Crippen LogP contribution in [0.4, 0.5) is 5.82 Å². The minimum atomic E-state index is 0.462. The van der Waals surface area contributed by atoms with E-state index in [-0.39, 0.29) is 0 Å². The molecule has 3 nitrogen and oxygen atoms in total. The second-order valence-corrected chi connectivity index (χ2v) is 4.82. The molecule has 1 aromatic rings. The average Bonchev–Trinajstić information content (AvgIpc) is 2.29. The molecule has 0 amide bonds. The van der Waals surface area contributed by atoms with Gasteiger partial charge in [0.2, 0.25) is 0 Å². The van der Waals surface area contributed by atoms with E-state index in [1.54, 1.807) is 12.5 Å². The van der Waals surface area contributed by atoms with Crippen LogP contribution in [-0.4, -0.2) is 16.5 Å². The van der Waals surface area contributed by atoms with Crippen molar-refractivity contribution in [1.29, 1.82) is 0 Å². The Bertz CT molecular complexity index is 291. The molecule has 0 saturated heterocycles. The van der Waals surface area contributed by atoms with E-state index in [9.17, 15) is 0 Å². The zero-order valence-electron chi connectivity index (χ0n) is 9.37. The third-order valence-corrected chi connectivity index (χ3v) is 3.34. The first-order chi connectivity index (χ1) is 7.29. The van der Waals surface area contributed by atoms with Crippen molar-refractivity contribution in [2.75, 3.05) is 11.9 Å². The molecule has 0 unspecified atom stereocenters. The fourth-order valence-corrected chi connectivity index (χ4v) is 2.28. The van der Waals surface area contributed by atoms with Crippen molar-refractivity contribution >= 4 is 5.82 Å². The van der Waals surface area contributed by atoms with Gasteiger partial charge < -0.3 is 5.32 Å². The largest absolute Gasteiger partial charge is 0.369 e. The predicted molar refractivity (Wildman–Crippen MR) is 61.7 cm³/mol. The van der Waals surface area contributed by atoms with Gasteiger partial charge >= 0.3 is 0 Å². The number of nitrogens with zero attached hydrogens (tertiary/aromatic N) is 2. The van der Waals surface area contributed by atoms with Gasteiger partial charge in [-0.05, 0) is 24.3 Å². The molecule has 0 atom stereocenters. The molecule has 15 heavy (non-hydrogen) atoms. The molecule has 1 aliphatic rings. The first-order valence-electron chi connectivity index (χ1n) is 5.78. The Morgan fingerprint density at radius 3 is 2.80 bits per heavy atom. The first-order valence-corrected chi connectivity index (χ1v) is 5.78. The summed E-state index contributed by atoms with van der Waals surface area (Å²) in [6, 6.07) is 1.92. The van der Waals surface area contributed by atoms with Crippen molar-refractivity contribution in [1.82, 2.24) is 9.97 Å². The van der Waals surface area contributed by atoms with Gasteiger partial charge in [-0.25, -0.2) is 9.97 Å². The molecule has 3 heteroatoms. The third kappa shape index (κ3) is 2.91. The summed E-state index contributed by atoms with van der Waals surface area (Å²) < 4.78 is 0. The van der Waals surface area contributed by atoms with Crippen LogP contribution in [-0.2, 0) is 0 Å². The van der Waals surface area contributed by atoms with Gasteiger partial charge in [0, 0.05) is 12.7 Å². The molecule has 0 spiro atoms. The monoisotopic (exact) mass is 205 g/mol. The van der Waals surface area contributed by atoms with E-state index < -0.39 is 0 Å². The van der Waals surface area contributed by atoms with Crippen molar-refractivity contribution in [2.24, 2.45) is 5.41 Å². The van der Waals surface area contributed by atoms with Crippen molar-refractivity contribution < 1.29 is 0 Å². The Balaban J connectivity index is 1.87. The van der Waals surface area contributed by atoms with Crippen LogP contribution in [0.5, 0.6) is 0 Å². The third-order valence-electron chi connectivity index (χ3n) is 3.34. The molecular formula is C12H19N3. The number of hydrogen-bond donors (Lipinski definition) is 1. The van der Waals surface area contributed by atoms with Gasteiger partial charge in [-0.2, -0.15) is 0 Å². The van der Waals surface area contributed by atoms with Crippen LogP contribution < -0.4 is 5.32 Å². The van der Waals surface area contributed by atoms with Crippen molar-refractivity contribution in [3.05, 3.63) is 18.6 Å². The zero-order chi connectivity index (χ0) is 10.6. The van der Waals surface area contributed by atoms with Crippen LogP contribution in [0.2, 0.25) is 0 Å². The molecule has 1 saturated carbocycles. The summed E-state index contributed by atoms with van der Waals surface area (Å²) in [7, 11) is 0. The number of aromatic nitrogens is 2. The van der Waals surface area contributed by atoms with Gasteiger partial charge in [0.1, 0.15) is 12.1 Å². The Kier molecular flexibility index (Phi) is 3.19. The second-order valence-electron chi connectivity index (χ2n) is 4.82. The van der Waals surface area contributed by atoms with Crippen molar-refractivity contribution in [3.8, 4) is 0 Å². The maximum Gasteiger partial charge on any atom is 0.129 e. The Morgan fingerprint density at radius 2 is 2.13 bits per heavy atom. The fourth-order valence-electron chi connectivity index (χ4n) is 2.28. The standard InChI is InChI=1S/C12H19N3/c1-12(6-3-2-4-7-12)9-14-11-5-8-13-10-15-11/h5,8,10H,2-4,6-7,9H2,1H3,(H,13,14,15). The summed E-state index contributed by atoms with van der Waals surface area (Å²) >= 11 is 0. The Hall–Kier alpha value is -1.12. The van der Waals surface area contributed by atoms with Gasteiger partial charge in [0.25, 0.3) is 0 Å². The van der Waals surface area contributed by atoms with E-state index in [4.69, 9.17) is 0 Å². The summed E-state index contributed by atoms with van der Waals surface area (Å²) in [6.07, 6.45) is 10.2. The lowest BCUT2D eigenvalue weighted by Crippen LogP contribution is -2.29. The van der Waals surface area contributed by atoms with E-state index in [0.29, 0.717) is 5.41 Å². The molecule has 2 rings (SSSR count). The number of rotatable bonds is 3. The lowest BCUT2D eigenvalue weighted by Gasteiger charge is -2.33. The first kappa shape index (κ1) is 10.4. The van der Waals surface area contributed by atoms with Gasteiger partial charge in [-0.3, -0.25) is 0 Å². The minimum absolute atomic E-state index is 0.462. The summed E-state index contributed by atoms with van der Waals surface area (Å²) in [5.74, 6) is 0.941. The smallest absolute Gasteiger partial charge is 0.129 e. The molecular weight excluding hydrogens is 186 g/mol. The van der Waals surface area contributed by atoms with Gasteiger partial charge in [0.15, 0.2) is 0 Å². The zero-order valence-corrected chi connectivity index (χ0v) is 9.37. The van der Waals surface area contributed by atoms with Crippen LogP contribution >= 0.6 is 0 Å². The molecule has 1 aromatic heterocycles. The van der Waals surface area contributed by atoms with Gasteiger partial charge in [-0.15, -0.1) is 0 Å². The van der Waals surface area contributed by atoms with Crippen molar-refractivity contribution in [2.45, 2.75) is 39.0 Å². The van der Waals surface area contributed by atoms with E-state index in [1.165, 1.54) is 32.1 Å². The topological polar surface area (TPSA) is 37.8 Å². The molecule has 1 fully saturated rings. The normalized spacial score (nSPS) is 19.8. The molecule has 0 aromatic carbocycles. The Morgan fingerprint density at radius 1 is 1.33 bits per heavy atom. The summed E-state index contributed by atoms with van der Waals surface area (Å²) in [6.45, 7) is 3.41. The van der Waals surface area contributed by atoms with Crippen molar-refractivity contribution in [3.63, 3.8) is 0 Å². The van der Waals surface area contributed by atoms with E-state index >= 15 is 0 Å². The second kappa shape index (κ2) is 4.60. The lowest BCUT2D eigenvalue weighted by molar-refractivity contribution is 0.233. The van der Waals surface area contributed by atoms with Gasteiger partial charge in [0.05, 0.1) is 0 Å². The number of hydrogen-bond acceptors (Lipinski definition) is 3. The van der Waals surface area contributed by atoms with Crippen LogP contribution in [0.25, 0.3) is 0 Å². The van der Waals surface area contributed by atoms with Crippen LogP contribution in [0.1, 0.15) is 39.0 Å². The molecule has 1 heterocycles. The average molecular weight is 205 g/mol. The molecule has 1 aliphatic carbocycles. The highest BCUT2D eigenvalue weighted by Gasteiger charge is 2.26. The molecule has 0 aliphatic heterocycles. The van der Waals surface area contributed by atoms with Crippen LogP contribution in [0.15, 0.2) is 18.6 Å². The van der Waals surface area contributed by atoms with E-state index in [1.807, 2.05) is 6.07 Å². The maximum atomic E-state index is 4.17. The highest BCUT2D eigenvalue weighted by atomic mass is 15.0. The molecule has 1 N–H and O–H groups in total. The quantitative estimate of drug-likeness (QED) is 0.824. The molecule has 0 radical (unpaired) electrons. The fraction of sp³-hybridized carbons (Fsp3) is 0.667. The highest BCUT2D eigenvalue weighted by Crippen LogP contribution is 2.35. The summed E-state index contributed by atoms with van der Waals surface area (Å²) in [5.41, 5.74) is 0.462. The van der Waals surface area contributed by atoms with Crippen LogP contribution in [0.3, 0.4) is 0 Å². The number of anilines is 1. The lowest BCUT2D eigenvalue weighted by atomic mass is 9.76. The SMILES string of the molecule is CC1(CNc2ccncn2)CCCCC1.